The summed E-state index contributed by atoms with van der Waals surface area (Å²) in [5.74, 6) is 0.757. The number of aliphatic hydroxyl groups is 1. The Hall–Kier alpha value is -1.55. The number of hydrogen-bond donors (Lipinski definition) is 2. The molecule has 0 heterocycles. The van der Waals surface area contributed by atoms with E-state index in [9.17, 15) is 4.79 Å². The van der Waals surface area contributed by atoms with E-state index in [1.54, 1.807) is 0 Å². The van der Waals surface area contributed by atoms with E-state index in [2.05, 4.69) is 5.32 Å². The van der Waals surface area contributed by atoms with Gasteiger partial charge in [0.1, 0.15) is 5.75 Å². The lowest BCUT2D eigenvalue weighted by molar-refractivity contribution is -0.122. The van der Waals surface area contributed by atoms with Crippen LogP contribution in [0.15, 0.2) is 24.3 Å². The fourth-order valence-electron chi connectivity index (χ4n) is 1.71. The van der Waals surface area contributed by atoms with Gasteiger partial charge in [0.05, 0.1) is 13.0 Å². The smallest absolute Gasteiger partial charge is 0.223 e. The molecule has 0 fully saturated rings. The molecule has 0 aromatic heterocycles. The molecule has 0 radical (unpaired) electrons. The van der Waals surface area contributed by atoms with Crippen molar-refractivity contribution in [2.75, 3.05) is 19.8 Å². The number of rotatable bonds is 8. The van der Waals surface area contributed by atoms with Crippen molar-refractivity contribution in [2.24, 2.45) is 5.41 Å². The Morgan fingerprint density at radius 3 is 2.55 bits per heavy atom. The van der Waals surface area contributed by atoms with Crippen LogP contribution in [0.25, 0.3) is 0 Å². The molecule has 20 heavy (non-hydrogen) atoms. The number of hydrogen-bond acceptors (Lipinski definition) is 3. The first-order valence-corrected chi connectivity index (χ1v) is 7.00. The number of amides is 1. The summed E-state index contributed by atoms with van der Waals surface area (Å²) in [6, 6.07) is 7.76. The molecule has 0 saturated carbocycles. The average Bonchev–Trinajstić information content (AvgIpc) is 2.39. The molecule has 1 rings (SSSR count). The Morgan fingerprint density at radius 1 is 1.30 bits per heavy atom. The molecule has 1 aromatic carbocycles. The zero-order valence-electron chi connectivity index (χ0n) is 12.6. The van der Waals surface area contributed by atoms with Gasteiger partial charge in [-0.25, -0.2) is 0 Å². The minimum Gasteiger partial charge on any atom is -0.493 e. The van der Waals surface area contributed by atoms with Gasteiger partial charge in [0, 0.05) is 13.2 Å². The standard InChI is InChI=1S/C16H25NO3/c1-13-4-6-14(7-5-13)20-11-8-15(19)17-12-16(2,3)9-10-18/h4-7,18H,8-12H2,1-3H3,(H,17,19). The van der Waals surface area contributed by atoms with Crippen molar-refractivity contribution in [3.8, 4) is 5.75 Å². The van der Waals surface area contributed by atoms with E-state index >= 15 is 0 Å². The number of aryl methyl sites for hydroxylation is 1. The van der Waals surface area contributed by atoms with E-state index in [1.165, 1.54) is 5.56 Å². The summed E-state index contributed by atoms with van der Waals surface area (Å²) in [6.45, 7) is 7.13. The first kappa shape index (κ1) is 16.5. The van der Waals surface area contributed by atoms with Gasteiger partial charge in [0.25, 0.3) is 0 Å². The Labute approximate surface area is 121 Å². The van der Waals surface area contributed by atoms with E-state index in [0.29, 0.717) is 26.0 Å². The Bertz CT molecular complexity index is 412. The van der Waals surface area contributed by atoms with Gasteiger partial charge in [0.15, 0.2) is 0 Å². The molecule has 112 valence electrons. The Morgan fingerprint density at radius 2 is 1.95 bits per heavy atom. The van der Waals surface area contributed by atoms with Crippen LogP contribution in [0.3, 0.4) is 0 Å². The monoisotopic (exact) mass is 279 g/mol. The number of aliphatic hydroxyl groups excluding tert-OH is 1. The molecule has 0 aliphatic carbocycles. The van der Waals surface area contributed by atoms with Gasteiger partial charge >= 0.3 is 0 Å². The lowest BCUT2D eigenvalue weighted by Gasteiger charge is -2.23. The minimum atomic E-state index is -0.0811. The topological polar surface area (TPSA) is 58.6 Å². The summed E-state index contributed by atoms with van der Waals surface area (Å²) >= 11 is 0. The molecular formula is C16H25NO3. The highest BCUT2D eigenvalue weighted by atomic mass is 16.5. The van der Waals surface area contributed by atoms with Crippen LogP contribution in [0.1, 0.15) is 32.3 Å². The van der Waals surface area contributed by atoms with Gasteiger partial charge in [-0.05, 0) is 30.9 Å². The molecule has 1 aromatic rings. The van der Waals surface area contributed by atoms with Crippen LogP contribution in [0, 0.1) is 12.3 Å². The third-order valence-electron chi connectivity index (χ3n) is 3.17. The summed E-state index contributed by atoms with van der Waals surface area (Å²) in [7, 11) is 0. The first-order chi connectivity index (χ1) is 9.43. The molecule has 0 saturated heterocycles. The summed E-state index contributed by atoms with van der Waals surface area (Å²) in [6.07, 6.45) is 1.01. The molecule has 0 aliphatic heterocycles. The van der Waals surface area contributed by atoms with E-state index in [-0.39, 0.29) is 17.9 Å². The third-order valence-corrected chi connectivity index (χ3v) is 3.17. The minimum absolute atomic E-state index is 0.0249. The highest BCUT2D eigenvalue weighted by molar-refractivity contribution is 5.76. The molecule has 4 nitrogen and oxygen atoms in total. The Kier molecular flexibility index (Phi) is 6.52. The predicted octanol–water partition coefficient (Wildman–Crippen LogP) is 2.29. The Balaban J connectivity index is 2.22. The lowest BCUT2D eigenvalue weighted by Crippen LogP contribution is -2.35. The normalized spacial score (nSPS) is 11.2. The van der Waals surface area contributed by atoms with Crippen LogP contribution < -0.4 is 10.1 Å². The highest BCUT2D eigenvalue weighted by Gasteiger charge is 2.17. The van der Waals surface area contributed by atoms with Gasteiger partial charge in [-0.15, -0.1) is 0 Å². The number of nitrogens with one attached hydrogen (secondary N) is 1. The predicted molar refractivity (Wildman–Crippen MR) is 79.8 cm³/mol. The van der Waals surface area contributed by atoms with Crippen molar-refractivity contribution >= 4 is 5.91 Å². The van der Waals surface area contributed by atoms with Gasteiger partial charge < -0.3 is 15.2 Å². The van der Waals surface area contributed by atoms with Gasteiger partial charge in [-0.2, -0.15) is 0 Å². The zero-order chi connectivity index (χ0) is 15.0. The van der Waals surface area contributed by atoms with Crippen molar-refractivity contribution < 1.29 is 14.6 Å². The van der Waals surface area contributed by atoms with Crippen molar-refractivity contribution in [1.29, 1.82) is 0 Å². The quantitative estimate of drug-likeness (QED) is 0.767. The maximum Gasteiger partial charge on any atom is 0.223 e. The van der Waals surface area contributed by atoms with E-state index < -0.39 is 0 Å². The van der Waals surface area contributed by atoms with E-state index in [4.69, 9.17) is 9.84 Å². The number of ether oxygens (including phenoxy) is 1. The largest absolute Gasteiger partial charge is 0.493 e. The second-order valence-corrected chi connectivity index (χ2v) is 5.83. The third kappa shape index (κ3) is 6.57. The lowest BCUT2D eigenvalue weighted by atomic mass is 9.90. The molecular weight excluding hydrogens is 254 g/mol. The summed E-state index contributed by atoms with van der Waals surface area (Å²) in [4.78, 5) is 11.7. The van der Waals surface area contributed by atoms with E-state index in [0.717, 1.165) is 5.75 Å². The average molecular weight is 279 g/mol. The zero-order valence-corrected chi connectivity index (χ0v) is 12.6. The van der Waals surface area contributed by atoms with Crippen molar-refractivity contribution in [3.63, 3.8) is 0 Å². The van der Waals surface area contributed by atoms with Gasteiger partial charge in [-0.1, -0.05) is 31.5 Å². The molecule has 0 spiro atoms. The molecule has 4 heteroatoms. The van der Waals surface area contributed by atoms with Crippen LogP contribution in [0.2, 0.25) is 0 Å². The molecule has 0 atom stereocenters. The fraction of sp³-hybridized carbons (Fsp3) is 0.562. The molecule has 0 aliphatic rings. The van der Waals surface area contributed by atoms with Gasteiger partial charge in [0.2, 0.25) is 5.91 Å². The van der Waals surface area contributed by atoms with Crippen LogP contribution in [-0.4, -0.2) is 30.8 Å². The second-order valence-electron chi connectivity index (χ2n) is 5.83. The van der Waals surface area contributed by atoms with Crippen molar-refractivity contribution in [3.05, 3.63) is 29.8 Å². The molecule has 1 amide bonds. The van der Waals surface area contributed by atoms with Crippen molar-refractivity contribution in [2.45, 2.75) is 33.6 Å². The van der Waals surface area contributed by atoms with E-state index in [1.807, 2.05) is 45.0 Å². The van der Waals surface area contributed by atoms with Crippen molar-refractivity contribution in [1.82, 2.24) is 5.32 Å². The maximum atomic E-state index is 11.7. The van der Waals surface area contributed by atoms with Crippen LogP contribution in [0.4, 0.5) is 0 Å². The van der Waals surface area contributed by atoms with Gasteiger partial charge in [-0.3, -0.25) is 4.79 Å². The van der Waals surface area contributed by atoms with Crippen LogP contribution in [0.5, 0.6) is 5.75 Å². The molecule has 0 bridgehead atoms. The maximum absolute atomic E-state index is 11.7. The summed E-state index contributed by atoms with van der Waals surface area (Å²) in [5.41, 5.74) is 1.10. The second kappa shape index (κ2) is 7.90. The number of carbonyl (C=O) groups is 1. The van der Waals surface area contributed by atoms with Crippen LogP contribution >= 0.6 is 0 Å². The summed E-state index contributed by atoms with van der Waals surface area (Å²) < 4.78 is 5.51. The highest BCUT2D eigenvalue weighted by Crippen LogP contribution is 2.18. The fourth-order valence-corrected chi connectivity index (χ4v) is 1.71. The first-order valence-electron chi connectivity index (χ1n) is 7.00. The molecule has 2 N–H and O–H groups in total. The SMILES string of the molecule is Cc1ccc(OCCC(=O)NCC(C)(C)CCO)cc1. The van der Waals surface area contributed by atoms with Crippen LogP contribution in [-0.2, 0) is 4.79 Å². The number of carbonyl (C=O) groups excluding carboxylic acids is 1. The number of benzene rings is 1. The molecule has 0 unspecified atom stereocenters. The summed E-state index contributed by atoms with van der Waals surface area (Å²) in [5, 5.41) is 11.8.